The maximum Gasteiger partial charge on any atom is 0.214 e. The first-order chi connectivity index (χ1) is 4.72. The number of pyridine rings is 1. The smallest absolute Gasteiger partial charge is 0.214 e. The van der Waals surface area contributed by atoms with E-state index in [1.165, 1.54) is 6.07 Å². The van der Waals surface area contributed by atoms with Crippen LogP contribution < -0.4 is 5.73 Å². The van der Waals surface area contributed by atoms with Crippen molar-refractivity contribution in [2.24, 2.45) is 5.73 Å². The van der Waals surface area contributed by atoms with Crippen LogP contribution >= 0.6 is 22.6 Å². The number of hydrogen-bond acceptors (Lipinski definition) is 2. The van der Waals surface area contributed by atoms with Crippen LogP contribution in [0.4, 0.5) is 4.39 Å². The predicted molar refractivity (Wildman–Crippen MR) is 44.8 cm³/mol. The van der Waals surface area contributed by atoms with Gasteiger partial charge in [-0.2, -0.15) is 4.39 Å². The Morgan fingerprint density at radius 3 is 2.80 bits per heavy atom. The van der Waals surface area contributed by atoms with Crippen LogP contribution in [-0.2, 0) is 6.54 Å². The first-order valence-electron chi connectivity index (χ1n) is 2.74. The SMILES string of the molecule is NCc1cc(I)cc(F)n1. The quantitative estimate of drug-likeness (QED) is 0.604. The molecule has 0 atom stereocenters. The van der Waals surface area contributed by atoms with Crippen LogP contribution in [-0.4, -0.2) is 4.98 Å². The van der Waals surface area contributed by atoms with Crippen LogP contribution in [0.5, 0.6) is 0 Å². The molecule has 0 saturated carbocycles. The molecule has 1 aromatic rings. The van der Waals surface area contributed by atoms with E-state index < -0.39 is 5.95 Å². The van der Waals surface area contributed by atoms with E-state index in [0.29, 0.717) is 5.69 Å². The van der Waals surface area contributed by atoms with Gasteiger partial charge in [-0.3, -0.25) is 0 Å². The van der Waals surface area contributed by atoms with Crippen LogP contribution in [0.15, 0.2) is 12.1 Å². The van der Waals surface area contributed by atoms with E-state index in [2.05, 4.69) is 4.98 Å². The van der Waals surface area contributed by atoms with E-state index >= 15 is 0 Å². The minimum absolute atomic E-state index is 0.285. The molecule has 54 valence electrons. The molecule has 0 aliphatic carbocycles. The van der Waals surface area contributed by atoms with Gasteiger partial charge in [0.25, 0.3) is 0 Å². The van der Waals surface area contributed by atoms with Crippen LogP contribution in [0.3, 0.4) is 0 Å². The Kier molecular flexibility index (Phi) is 2.56. The Labute approximate surface area is 71.8 Å². The molecule has 0 aliphatic rings. The topological polar surface area (TPSA) is 38.9 Å². The second kappa shape index (κ2) is 3.25. The number of aromatic nitrogens is 1. The summed E-state index contributed by atoms with van der Waals surface area (Å²) >= 11 is 2.02. The molecular formula is C6H6FIN2. The first-order valence-corrected chi connectivity index (χ1v) is 3.82. The predicted octanol–water partition coefficient (Wildman–Crippen LogP) is 1.28. The Bertz CT molecular complexity index is 219. The molecule has 0 radical (unpaired) electrons. The zero-order valence-corrected chi connectivity index (χ0v) is 7.30. The zero-order chi connectivity index (χ0) is 7.56. The van der Waals surface area contributed by atoms with Gasteiger partial charge in [0.2, 0.25) is 5.95 Å². The van der Waals surface area contributed by atoms with Crippen LogP contribution in [0.2, 0.25) is 0 Å². The standard InChI is InChI=1S/C6H6FIN2/c7-6-2-4(8)1-5(3-9)10-6/h1-2H,3,9H2. The Morgan fingerprint density at radius 2 is 2.30 bits per heavy atom. The van der Waals surface area contributed by atoms with Crippen molar-refractivity contribution in [3.63, 3.8) is 0 Å². The number of nitrogens with two attached hydrogens (primary N) is 1. The molecule has 10 heavy (non-hydrogen) atoms. The van der Waals surface area contributed by atoms with Gasteiger partial charge in [-0.25, -0.2) is 4.98 Å². The van der Waals surface area contributed by atoms with Crippen molar-refractivity contribution in [1.82, 2.24) is 4.98 Å². The van der Waals surface area contributed by atoms with Crippen molar-refractivity contribution in [2.45, 2.75) is 6.54 Å². The maximum atomic E-state index is 12.4. The third-order valence-electron chi connectivity index (χ3n) is 1.02. The van der Waals surface area contributed by atoms with Crippen LogP contribution in [0.1, 0.15) is 5.69 Å². The summed E-state index contributed by atoms with van der Waals surface area (Å²) in [6.07, 6.45) is 0. The Balaban J connectivity index is 3.06. The molecule has 0 bridgehead atoms. The highest BCUT2D eigenvalue weighted by atomic mass is 127. The largest absolute Gasteiger partial charge is 0.325 e. The molecule has 1 rings (SSSR count). The summed E-state index contributed by atoms with van der Waals surface area (Å²) in [5.74, 6) is -0.465. The fourth-order valence-corrected chi connectivity index (χ4v) is 1.24. The van der Waals surface area contributed by atoms with E-state index in [-0.39, 0.29) is 6.54 Å². The molecule has 0 unspecified atom stereocenters. The van der Waals surface area contributed by atoms with E-state index in [1.807, 2.05) is 22.6 Å². The van der Waals surface area contributed by atoms with Crippen LogP contribution in [0, 0.1) is 9.52 Å². The second-order valence-corrected chi connectivity index (χ2v) is 3.05. The normalized spacial score (nSPS) is 9.90. The summed E-state index contributed by atoms with van der Waals surface area (Å²) in [7, 11) is 0. The van der Waals surface area contributed by atoms with E-state index in [4.69, 9.17) is 5.73 Å². The molecule has 0 saturated heterocycles. The van der Waals surface area contributed by atoms with Gasteiger partial charge in [0, 0.05) is 16.2 Å². The molecule has 1 heterocycles. The highest BCUT2D eigenvalue weighted by molar-refractivity contribution is 14.1. The van der Waals surface area contributed by atoms with Crippen molar-refractivity contribution in [3.8, 4) is 0 Å². The van der Waals surface area contributed by atoms with Crippen LogP contribution in [0.25, 0.3) is 0 Å². The van der Waals surface area contributed by atoms with Crippen molar-refractivity contribution in [2.75, 3.05) is 0 Å². The molecule has 2 N–H and O–H groups in total. The minimum atomic E-state index is -0.465. The summed E-state index contributed by atoms with van der Waals surface area (Å²) in [5, 5.41) is 0. The van der Waals surface area contributed by atoms with Gasteiger partial charge in [-0.1, -0.05) is 0 Å². The Hall–Kier alpha value is -0.230. The summed E-state index contributed by atoms with van der Waals surface area (Å²) < 4.78 is 13.3. The van der Waals surface area contributed by atoms with Crippen molar-refractivity contribution in [1.29, 1.82) is 0 Å². The fourth-order valence-electron chi connectivity index (χ4n) is 0.621. The fraction of sp³-hybridized carbons (Fsp3) is 0.167. The lowest BCUT2D eigenvalue weighted by Crippen LogP contribution is -2.01. The molecule has 0 aliphatic heterocycles. The summed E-state index contributed by atoms with van der Waals surface area (Å²) in [4.78, 5) is 3.56. The molecule has 0 amide bonds. The van der Waals surface area contributed by atoms with Gasteiger partial charge in [0.1, 0.15) is 0 Å². The van der Waals surface area contributed by atoms with E-state index in [0.717, 1.165) is 3.57 Å². The molecule has 1 aromatic heterocycles. The minimum Gasteiger partial charge on any atom is -0.325 e. The summed E-state index contributed by atoms with van der Waals surface area (Å²) in [6.45, 7) is 0.285. The Morgan fingerprint density at radius 1 is 1.60 bits per heavy atom. The second-order valence-electron chi connectivity index (χ2n) is 1.80. The van der Waals surface area contributed by atoms with Crippen molar-refractivity contribution < 1.29 is 4.39 Å². The molecule has 4 heteroatoms. The van der Waals surface area contributed by atoms with Gasteiger partial charge < -0.3 is 5.73 Å². The number of rotatable bonds is 1. The lowest BCUT2D eigenvalue weighted by molar-refractivity contribution is 0.575. The molecule has 0 fully saturated rings. The monoisotopic (exact) mass is 252 g/mol. The molecular weight excluding hydrogens is 246 g/mol. The third kappa shape index (κ3) is 1.88. The number of nitrogens with zero attached hydrogens (tertiary/aromatic N) is 1. The van der Waals surface area contributed by atoms with Gasteiger partial charge in [0.15, 0.2) is 0 Å². The maximum absolute atomic E-state index is 12.4. The average Bonchev–Trinajstić information content (AvgIpc) is 1.85. The third-order valence-corrected chi connectivity index (χ3v) is 1.64. The zero-order valence-electron chi connectivity index (χ0n) is 5.14. The first kappa shape index (κ1) is 7.87. The summed E-state index contributed by atoms with van der Waals surface area (Å²) in [6, 6.07) is 3.11. The van der Waals surface area contributed by atoms with Gasteiger partial charge in [-0.05, 0) is 28.7 Å². The number of hydrogen-bond donors (Lipinski definition) is 1. The highest BCUT2D eigenvalue weighted by Crippen LogP contribution is 2.06. The van der Waals surface area contributed by atoms with Crippen molar-refractivity contribution in [3.05, 3.63) is 27.3 Å². The van der Waals surface area contributed by atoms with E-state index in [9.17, 15) is 4.39 Å². The molecule has 0 spiro atoms. The van der Waals surface area contributed by atoms with Gasteiger partial charge >= 0.3 is 0 Å². The number of halogens is 2. The highest BCUT2D eigenvalue weighted by Gasteiger charge is 1.96. The average molecular weight is 252 g/mol. The van der Waals surface area contributed by atoms with Gasteiger partial charge in [0.05, 0.1) is 5.69 Å². The molecule has 2 nitrogen and oxygen atoms in total. The van der Waals surface area contributed by atoms with Crippen molar-refractivity contribution >= 4 is 22.6 Å². The van der Waals surface area contributed by atoms with Gasteiger partial charge in [-0.15, -0.1) is 0 Å². The van der Waals surface area contributed by atoms with E-state index in [1.54, 1.807) is 6.07 Å². The molecule has 0 aromatic carbocycles. The lowest BCUT2D eigenvalue weighted by atomic mass is 10.3. The summed E-state index contributed by atoms with van der Waals surface area (Å²) in [5.41, 5.74) is 5.84. The lowest BCUT2D eigenvalue weighted by Gasteiger charge is -1.95.